The molecule has 1 aliphatic carbocycles. The number of benzene rings is 1. The Morgan fingerprint density at radius 2 is 2.16 bits per heavy atom. The van der Waals surface area contributed by atoms with Crippen LogP contribution in [0.15, 0.2) is 24.3 Å². The second-order valence-corrected chi connectivity index (χ2v) is 4.99. The van der Waals surface area contributed by atoms with Gasteiger partial charge in [-0.1, -0.05) is 12.1 Å². The Labute approximate surface area is 111 Å². The first-order chi connectivity index (χ1) is 9.06. The summed E-state index contributed by atoms with van der Waals surface area (Å²) >= 11 is 0. The number of nitrogens with one attached hydrogen (secondary N) is 1. The van der Waals surface area contributed by atoms with Gasteiger partial charge in [0, 0.05) is 12.6 Å². The van der Waals surface area contributed by atoms with Crippen molar-refractivity contribution in [2.24, 2.45) is 5.92 Å². The van der Waals surface area contributed by atoms with Crippen molar-refractivity contribution < 1.29 is 18.6 Å². The zero-order valence-electron chi connectivity index (χ0n) is 10.9. The van der Waals surface area contributed by atoms with Crippen LogP contribution in [0.2, 0.25) is 0 Å². The third kappa shape index (κ3) is 4.44. The number of aliphatic hydroxyl groups excluding tert-OH is 1. The minimum absolute atomic E-state index is 0.0189. The molecule has 0 saturated heterocycles. The maximum Gasteiger partial charge on any atom is 0.387 e. The molecule has 0 heterocycles. The van der Waals surface area contributed by atoms with Gasteiger partial charge in [-0.2, -0.15) is 8.78 Å². The Hall–Kier alpha value is -1.20. The van der Waals surface area contributed by atoms with Crippen LogP contribution in [0.25, 0.3) is 0 Å². The lowest BCUT2D eigenvalue weighted by Crippen LogP contribution is -2.30. The number of hydrogen-bond donors (Lipinski definition) is 2. The molecule has 3 nitrogen and oxygen atoms in total. The van der Waals surface area contributed by atoms with E-state index in [1.807, 2.05) is 13.0 Å². The van der Waals surface area contributed by atoms with E-state index in [0.29, 0.717) is 12.5 Å². The molecule has 1 saturated carbocycles. The average molecular weight is 271 g/mol. The van der Waals surface area contributed by atoms with Crippen LogP contribution in [0, 0.1) is 5.92 Å². The maximum absolute atomic E-state index is 12.1. The Bertz CT molecular complexity index is 410. The van der Waals surface area contributed by atoms with Crippen molar-refractivity contribution in [3.05, 3.63) is 29.8 Å². The van der Waals surface area contributed by atoms with E-state index in [1.54, 1.807) is 12.1 Å². The molecule has 0 spiro atoms. The number of hydrogen-bond acceptors (Lipinski definition) is 3. The molecule has 1 aliphatic rings. The lowest BCUT2D eigenvalue weighted by Gasteiger charge is -2.18. The molecule has 2 N–H and O–H groups in total. The van der Waals surface area contributed by atoms with Gasteiger partial charge in [0.25, 0.3) is 0 Å². The first kappa shape index (κ1) is 14.2. The molecule has 0 aromatic heterocycles. The van der Waals surface area contributed by atoms with E-state index in [9.17, 15) is 13.9 Å². The molecule has 106 valence electrons. The van der Waals surface area contributed by atoms with Gasteiger partial charge in [0.15, 0.2) is 0 Å². The summed E-state index contributed by atoms with van der Waals surface area (Å²) in [5.74, 6) is 0.581. The van der Waals surface area contributed by atoms with Gasteiger partial charge < -0.3 is 15.2 Å². The normalized spacial score (nSPS) is 18.4. The first-order valence-electron chi connectivity index (χ1n) is 6.52. The molecule has 1 fully saturated rings. The molecule has 5 heteroatoms. The molecular formula is C14H19F2NO2. The Morgan fingerprint density at radius 1 is 1.42 bits per heavy atom. The fraction of sp³-hybridized carbons (Fsp3) is 0.571. The highest BCUT2D eigenvalue weighted by atomic mass is 19.3. The van der Waals surface area contributed by atoms with Crippen LogP contribution < -0.4 is 10.1 Å². The van der Waals surface area contributed by atoms with Crippen LogP contribution in [0.4, 0.5) is 8.78 Å². The fourth-order valence-corrected chi connectivity index (χ4v) is 2.02. The average Bonchev–Trinajstić information content (AvgIpc) is 3.19. The van der Waals surface area contributed by atoms with Crippen LogP contribution in [-0.2, 0) is 0 Å². The van der Waals surface area contributed by atoms with Crippen LogP contribution >= 0.6 is 0 Å². The number of halogens is 2. The standard InChI is InChI=1S/C14H19F2NO2/c1-9(17-8-13(18)10-5-6-10)11-3-2-4-12(7-11)19-14(15)16/h2-4,7,9-10,13-14,17-18H,5-6,8H2,1H3. The molecule has 19 heavy (non-hydrogen) atoms. The van der Waals surface area contributed by atoms with Gasteiger partial charge in [-0.05, 0) is 43.4 Å². The summed E-state index contributed by atoms with van der Waals surface area (Å²) in [6.07, 6.45) is 1.87. The third-order valence-electron chi connectivity index (χ3n) is 3.38. The largest absolute Gasteiger partial charge is 0.435 e. The van der Waals surface area contributed by atoms with Crippen LogP contribution in [-0.4, -0.2) is 24.4 Å². The molecule has 0 aliphatic heterocycles. The van der Waals surface area contributed by atoms with E-state index >= 15 is 0 Å². The van der Waals surface area contributed by atoms with Gasteiger partial charge >= 0.3 is 6.61 Å². The molecule has 2 atom stereocenters. The summed E-state index contributed by atoms with van der Waals surface area (Å²) in [5, 5.41) is 13.0. The van der Waals surface area contributed by atoms with Gasteiger partial charge in [0.05, 0.1) is 6.10 Å². The number of ether oxygens (including phenoxy) is 1. The summed E-state index contributed by atoms with van der Waals surface area (Å²) in [7, 11) is 0. The third-order valence-corrected chi connectivity index (χ3v) is 3.38. The van der Waals surface area contributed by atoms with E-state index in [2.05, 4.69) is 10.1 Å². The van der Waals surface area contributed by atoms with Crippen molar-refractivity contribution in [1.29, 1.82) is 0 Å². The molecule has 2 rings (SSSR count). The van der Waals surface area contributed by atoms with Gasteiger partial charge in [0.2, 0.25) is 0 Å². The first-order valence-corrected chi connectivity index (χ1v) is 6.52. The van der Waals surface area contributed by atoms with E-state index in [1.165, 1.54) is 6.07 Å². The van der Waals surface area contributed by atoms with Gasteiger partial charge in [-0.3, -0.25) is 0 Å². The number of aliphatic hydroxyl groups is 1. The molecule has 0 bridgehead atoms. The van der Waals surface area contributed by atoms with Crippen molar-refractivity contribution in [2.75, 3.05) is 6.54 Å². The highest BCUT2D eigenvalue weighted by Gasteiger charge is 2.29. The number of rotatable bonds is 7. The molecule has 2 unspecified atom stereocenters. The van der Waals surface area contributed by atoms with Crippen molar-refractivity contribution in [1.82, 2.24) is 5.32 Å². The van der Waals surface area contributed by atoms with Gasteiger partial charge in [0.1, 0.15) is 5.75 Å². The van der Waals surface area contributed by atoms with Gasteiger partial charge in [-0.15, -0.1) is 0 Å². The van der Waals surface area contributed by atoms with Crippen LogP contribution in [0.1, 0.15) is 31.4 Å². The Balaban J connectivity index is 1.88. The summed E-state index contributed by atoms with van der Waals surface area (Å²) in [6, 6.07) is 6.60. The topological polar surface area (TPSA) is 41.5 Å². The second kappa shape index (κ2) is 6.30. The van der Waals surface area contributed by atoms with Crippen LogP contribution in [0.3, 0.4) is 0 Å². The Morgan fingerprint density at radius 3 is 2.79 bits per heavy atom. The monoisotopic (exact) mass is 271 g/mol. The lowest BCUT2D eigenvalue weighted by atomic mass is 10.1. The molecule has 0 radical (unpaired) electrons. The van der Waals surface area contributed by atoms with Gasteiger partial charge in [-0.25, -0.2) is 0 Å². The lowest BCUT2D eigenvalue weighted by molar-refractivity contribution is -0.0499. The van der Waals surface area contributed by atoms with E-state index < -0.39 is 6.61 Å². The van der Waals surface area contributed by atoms with Crippen molar-refractivity contribution >= 4 is 0 Å². The minimum Gasteiger partial charge on any atom is -0.435 e. The molecule has 1 aromatic rings. The van der Waals surface area contributed by atoms with Crippen molar-refractivity contribution in [2.45, 2.75) is 38.5 Å². The van der Waals surface area contributed by atoms with Crippen molar-refractivity contribution in [3.8, 4) is 5.75 Å². The van der Waals surface area contributed by atoms with E-state index in [4.69, 9.17) is 0 Å². The van der Waals surface area contributed by atoms with Crippen LogP contribution in [0.5, 0.6) is 5.75 Å². The summed E-state index contributed by atoms with van der Waals surface area (Å²) in [4.78, 5) is 0. The second-order valence-electron chi connectivity index (χ2n) is 4.99. The number of alkyl halides is 2. The SMILES string of the molecule is CC(NCC(O)C1CC1)c1cccc(OC(F)F)c1. The summed E-state index contributed by atoms with van der Waals surface area (Å²) in [6.45, 7) is -0.359. The minimum atomic E-state index is -2.81. The zero-order valence-corrected chi connectivity index (χ0v) is 10.9. The van der Waals surface area contributed by atoms with E-state index in [-0.39, 0.29) is 17.9 Å². The summed E-state index contributed by atoms with van der Waals surface area (Å²) in [5.41, 5.74) is 0.862. The zero-order chi connectivity index (χ0) is 13.8. The smallest absolute Gasteiger partial charge is 0.387 e. The highest BCUT2D eigenvalue weighted by Crippen LogP contribution is 2.32. The molecular weight excluding hydrogens is 252 g/mol. The van der Waals surface area contributed by atoms with E-state index in [0.717, 1.165) is 18.4 Å². The predicted octanol–water partition coefficient (Wildman–Crippen LogP) is 2.71. The highest BCUT2D eigenvalue weighted by molar-refractivity contribution is 5.30. The fourth-order valence-electron chi connectivity index (χ4n) is 2.02. The Kier molecular flexibility index (Phi) is 4.71. The quantitative estimate of drug-likeness (QED) is 0.801. The summed E-state index contributed by atoms with van der Waals surface area (Å²) < 4.78 is 28.6. The molecule has 1 aromatic carbocycles. The molecule has 0 amide bonds. The van der Waals surface area contributed by atoms with Crippen molar-refractivity contribution in [3.63, 3.8) is 0 Å². The predicted molar refractivity (Wildman–Crippen MR) is 68.2 cm³/mol. The maximum atomic E-state index is 12.1.